The Kier molecular flexibility index (Phi) is 4.07. The van der Waals surface area contributed by atoms with E-state index in [9.17, 15) is 9.59 Å². The second-order valence-electron chi connectivity index (χ2n) is 10.1. The minimum atomic E-state index is -0.262. The van der Waals surface area contributed by atoms with Gasteiger partial charge in [-0.05, 0) is 87.9 Å². The van der Waals surface area contributed by atoms with E-state index >= 15 is 0 Å². The van der Waals surface area contributed by atoms with E-state index in [1.807, 2.05) is 4.90 Å². The van der Waals surface area contributed by atoms with Crippen molar-refractivity contribution in [2.75, 3.05) is 13.1 Å². The van der Waals surface area contributed by atoms with Crippen LogP contribution >= 0.6 is 0 Å². The van der Waals surface area contributed by atoms with Gasteiger partial charge in [0.25, 0.3) is 0 Å². The summed E-state index contributed by atoms with van der Waals surface area (Å²) in [5.41, 5.74) is 5.99. The summed E-state index contributed by atoms with van der Waals surface area (Å²) >= 11 is 0. The molecule has 26 heavy (non-hydrogen) atoms. The number of rotatable bonds is 5. The van der Waals surface area contributed by atoms with Crippen LogP contribution in [0.15, 0.2) is 0 Å². The molecule has 6 aliphatic rings. The summed E-state index contributed by atoms with van der Waals surface area (Å²) in [4.78, 5) is 28.3. The molecule has 6 rings (SSSR count). The average Bonchev–Trinajstić information content (AvgIpc) is 3.34. The van der Waals surface area contributed by atoms with Gasteiger partial charge in [0.15, 0.2) is 0 Å². The monoisotopic (exact) mass is 359 g/mol. The highest BCUT2D eigenvalue weighted by atomic mass is 16.2. The largest absolute Gasteiger partial charge is 0.353 e. The third kappa shape index (κ3) is 2.87. The van der Waals surface area contributed by atoms with Crippen LogP contribution in [-0.4, -0.2) is 41.9 Å². The fourth-order valence-corrected chi connectivity index (χ4v) is 6.99. The highest BCUT2D eigenvalue weighted by Gasteiger charge is 2.56. The number of carbonyl (C=O) groups excluding carboxylic acids is 2. The molecule has 144 valence electrons. The Morgan fingerprint density at radius 2 is 1.65 bits per heavy atom. The van der Waals surface area contributed by atoms with Gasteiger partial charge in [-0.3, -0.25) is 9.59 Å². The Labute approximate surface area is 156 Å². The van der Waals surface area contributed by atoms with Crippen LogP contribution in [0.25, 0.3) is 0 Å². The van der Waals surface area contributed by atoms with E-state index in [0.717, 1.165) is 56.4 Å². The molecule has 2 amide bonds. The molecular formula is C21H33N3O2. The molecule has 0 spiro atoms. The minimum absolute atomic E-state index is 0.0247. The van der Waals surface area contributed by atoms with E-state index in [1.165, 1.54) is 32.1 Å². The maximum atomic E-state index is 13.6. The molecule has 0 aromatic heterocycles. The number of hydrogen-bond acceptors (Lipinski definition) is 3. The molecule has 1 saturated heterocycles. The minimum Gasteiger partial charge on any atom is -0.353 e. The van der Waals surface area contributed by atoms with Gasteiger partial charge < -0.3 is 16.0 Å². The Hall–Kier alpha value is -1.10. The first-order chi connectivity index (χ1) is 12.5. The lowest BCUT2D eigenvalue weighted by Gasteiger charge is -2.56. The van der Waals surface area contributed by atoms with Crippen LogP contribution in [0.2, 0.25) is 0 Å². The fraction of sp³-hybridized carbons (Fsp3) is 0.905. The number of carbonyl (C=O) groups is 2. The molecule has 0 aromatic rings. The quantitative estimate of drug-likeness (QED) is 0.789. The number of amides is 2. The first kappa shape index (κ1) is 17.0. The van der Waals surface area contributed by atoms with E-state index in [4.69, 9.17) is 5.73 Å². The number of nitrogens with zero attached hydrogens (tertiary/aromatic N) is 1. The summed E-state index contributed by atoms with van der Waals surface area (Å²) in [6.45, 7) is 1.31. The highest BCUT2D eigenvalue weighted by Crippen LogP contribution is 2.60. The molecule has 1 heterocycles. The van der Waals surface area contributed by atoms with Crippen LogP contribution < -0.4 is 11.1 Å². The molecule has 4 bridgehead atoms. The van der Waals surface area contributed by atoms with Crippen LogP contribution in [0.5, 0.6) is 0 Å². The maximum absolute atomic E-state index is 13.6. The summed E-state index contributed by atoms with van der Waals surface area (Å²) in [6, 6.07) is -0.186. The first-order valence-electron chi connectivity index (χ1n) is 10.9. The molecule has 2 unspecified atom stereocenters. The van der Waals surface area contributed by atoms with E-state index in [1.54, 1.807) is 0 Å². The van der Waals surface area contributed by atoms with Crippen molar-refractivity contribution in [3.8, 4) is 0 Å². The van der Waals surface area contributed by atoms with Gasteiger partial charge in [0.1, 0.15) is 6.04 Å². The van der Waals surface area contributed by atoms with Crippen LogP contribution in [0.3, 0.4) is 0 Å². The Morgan fingerprint density at radius 3 is 2.23 bits per heavy atom. The fourth-order valence-electron chi connectivity index (χ4n) is 6.99. The van der Waals surface area contributed by atoms with Crippen molar-refractivity contribution in [1.29, 1.82) is 0 Å². The van der Waals surface area contributed by atoms with Crippen molar-refractivity contribution in [2.24, 2.45) is 34.8 Å². The Bertz CT molecular complexity index is 565. The summed E-state index contributed by atoms with van der Waals surface area (Å²) in [6.07, 6.45) is 11.4. The van der Waals surface area contributed by atoms with Crippen molar-refractivity contribution < 1.29 is 9.59 Å². The van der Waals surface area contributed by atoms with Gasteiger partial charge in [-0.1, -0.05) is 0 Å². The molecule has 5 nitrogen and oxygen atoms in total. The average molecular weight is 360 g/mol. The van der Waals surface area contributed by atoms with E-state index in [2.05, 4.69) is 5.32 Å². The molecule has 0 aromatic carbocycles. The normalized spacial score (nSPS) is 42.1. The smallest absolute Gasteiger partial charge is 0.242 e. The van der Waals surface area contributed by atoms with Crippen LogP contribution in [0, 0.1) is 29.1 Å². The van der Waals surface area contributed by atoms with Crippen molar-refractivity contribution >= 4 is 11.8 Å². The maximum Gasteiger partial charge on any atom is 0.242 e. The van der Waals surface area contributed by atoms with Crippen molar-refractivity contribution in [3.63, 3.8) is 0 Å². The van der Waals surface area contributed by atoms with E-state index in [-0.39, 0.29) is 23.4 Å². The zero-order valence-electron chi connectivity index (χ0n) is 15.8. The van der Waals surface area contributed by atoms with E-state index < -0.39 is 0 Å². The standard InChI is InChI=1S/C21H33N3O2/c22-17(16-3-4-16)12-23-19(25)18-2-1-5-24(18)20(26)21-9-13-6-14(10-21)8-15(7-13)11-21/h13-18H,1-12,22H2,(H,23,25). The Balaban J connectivity index is 1.26. The third-order valence-electron chi connectivity index (χ3n) is 8.05. The highest BCUT2D eigenvalue weighted by molar-refractivity contribution is 5.91. The second-order valence-corrected chi connectivity index (χ2v) is 10.1. The molecule has 5 saturated carbocycles. The summed E-state index contributed by atoms with van der Waals surface area (Å²) in [5, 5.41) is 3.05. The Morgan fingerprint density at radius 1 is 1.04 bits per heavy atom. The van der Waals surface area contributed by atoms with E-state index in [0.29, 0.717) is 18.4 Å². The lowest BCUT2D eigenvalue weighted by Crippen LogP contribution is -2.57. The molecule has 5 heteroatoms. The van der Waals surface area contributed by atoms with Crippen LogP contribution in [0.4, 0.5) is 0 Å². The molecular weight excluding hydrogens is 326 g/mol. The predicted molar refractivity (Wildman–Crippen MR) is 99.0 cm³/mol. The van der Waals surface area contributed by atoms with Gasteiger partial charge in [-0.15, -0.1) is 0 Å². The van der Waals surface area contributed by atoms with Crippen LogP contribution in [-0.2, 0) is 9.59 Å². The van der Waals surface area contributed by atoms with Gasteiger partial charge in [0.05, 0.1) is 5.41 Å². The second kappa shape index (κ2) is 6.22. The zero-order valence-corrected chi connectivity index (χ0v) is 15.8. The van der Waals surface area contributed by atoms with Gasteiger partial charge >= 0.3 is 0 Å². The molecule has 3 N–H and O–H groups in total. The third-order valence-corrected chi connectivity index (χ3v) is 8.05. The lowest BCUT2D eigenvalue weighted by atomic mass is 9.49. The van der Waals surface area contributed by atoms with Gasteiger partial charge in [-0.25, -0.2) is 0 Å². The molecule has 5 aliphatic carbocycles. The molecule has 0 radical (unpaired) electrons. The molecule has 1 aliphatic heterocycles. The SMILES string of the molecule is NC(CNC(=O)C1CCCN1C(=O)C12CC3CC(CC(C3)C1)C2)C1CC1. The zero-order chi connectivity index (χ0) is 17.9. The molecule has 6 fully saturated rings. The van der Waals surface area contributed by atoms with Crippen molar-refractivity contribution in [3.05, 3.63) is 0 Å². The van der Waals surface area contributed by atoms with Crippen molar-refractivity contribution in [2.45, 2.75) is 76.3 Å². The summed E-state index contributed by atoms with van der Waals surface area (Å²) in [5.74, 6) is 3.20. The van der Waals surface area contributed by atoms with Gasteiger partial charge in [0, 0.05) is 19.1 Å². The number of nitrogens with one attached hydrogen (secondary N) is 1. The van der Waals surface area contributed by atoms with Crippen LogP contribution in [0.1, 0.15) is 64.2 Å². The number of nitrogens with two attached hydrogens (primary N) is 1. The topological polar surface area (TPSA) is 75.4 Å². The van der Waals surface area contributed by atoms with Crippen molar-refractivity contribution in [1.82, 2.24) is 10.2 Å². The lowest BCUT2D eigenvalue weighted by molar-refractivity contribution is -0.160. The number of likely N-dealkylation sites (tertiary alicyclic amines) is 1. The summed E-state index contributed by atoms with van der Waals surface area (Å²) < 4.78 is 0. The van der Waals surface area contributed by atoms with Gasteiger partial charge in [-0.2, -0.15) is 0 Å². The molecule has 2 atom stereocenters. The predicted octanol–water partition coefficient (Wildman–Crippen LogP) is 2.05. The van der Waals surface area contributed by atoms with Gasteiger partial charge in [0.2, 0.25) is 11.8 Å². The summed E-state index contributed by atoms with van der Waals surface area (Å²) in [7, 11) is 0. The number of hydrogen-bond donors (Lipinski definition) is 2. The first-order valence-corrected chi connectivity index (χ1v) is 10.9.